The van der Waals surface area contributed by atoms with E-state index in [2.05, 4.69) is 6.07 Å². The Morgan fingerprint density at radius 3 is 1.46 bits per heavy atom. The molecule has 0 atom stereocenters. The first-order chi connectivity index (χ1) is 11.0. The van der Waals surface area contributed by atoms with Crippen LogP contribution in [0.25, 0.3) is 11.1 Å². The van der Waals surface area contributed by atoms with E-state index in [4.69, 9.17) is 19.6 Å². The molecule has 0 radical (unpaired) electrons. The topological polar surface area (TPSA) is 36.9 Å². The molecule has 0 bridgehead atoms. The van der Waals surface area contributed by atoms with Crippen LogP contribution in [0.4, 0.5) is 0 Å². The van der Waals surface area contributed by atoms with Crippen molar-refractivity contribution in [1.82, 2.24) is 0 Å². The van der Waals surface area contributed by atoms with E-state index in [0.717, 1.165) is 22.3 Å². The van der Waals surface area contributed by atoms with E-state index in [1.807, 2.05) is 73.6 Å². The van der Waals surface area contributed by atoms with Gasteiger partial charge in [-0.15, -0.1) is 0 Å². The Balaban J connectivity index is 2.78. The molecule has 4 heteroatoms. The van der Waals surface area contributed by atoms with E-state index in [1.54, 1.807) is 12.5 Å². The highest BCUT2D eigenvalue weighted by molar-refractivity contribution is 5.70. The zero-order chi connectivity index (χ0) is 18.4. The van der Waals surface area contributed by atoms with Gasteiger partial charge in [0.15, 0.2) is 0 Å². The fraction of sp³-hybridized carbons (Fsp3) is 0.500. The molecule has 134 valence electrons. The minimum atomic E-state index is -0.345. The molecule has 0 aromatic heterocycles. The fourth-order valence-corrected chi connectivity index (χ4v) is 1.63. The van der Waals surface area contributed by atoms with Gasteiger partial charge >= 0.3 is 0 Å². The summed E-state index contributed by atoms with van der Waals surface area (Å²) < 4.78 is 0. The Morgan fingerprint density at radius 1 is 0.750 bits per heavy atom. The monoisotopic (exact) mass is 334 g/mol. The van der Waals surface area contributed by atoms with Gasteiger partial charge in [0.2, 0.25) is 0 Å². The number of rotatable bonds is 6. The van der Waals surface area contributed by atoms with E-state index in [-0.39, 0.29) is 11.2 Å². The molecule has 0 saturated carbocycles. The molecule has 0 amide bonds. The Morgan fingerprint density at radius 2 is 1.12 bits per heavy atom. The lowest BCUT2D eigenvalue weighted by atomic mass is 10.0. The summed E-state index contributed by atoms with van der Waals surface area (Å²) in [4.78, 5) is 20.9. The molecule has 1 aromatic carbocycles. The molecule has 0 spiro atoms. The van der Waals surface area contributed by atoms with Crippen LogP contribution >= 0.6 is 0 Å². The highest BCUT2D eigenvalue weighted by atomic mass is 17.2. The van der Waals surface area contributed by atoms with Gasteiger partial charge in [-0.3, -0.25) is 0 Å². The van der Waals surface area contributed by atoms with E-state index in [9.17, 15) is 0 Å². The van der Waals surface area contributed by atoms with Crippen LogP contribution in [0.3, 0.4) is 0 Å². The summed E-state index contributed by atoms with van der Waals surface area (Å²) in [6.45, 7) is 15.6. The molecule has 4 nitrogen and oxygen atoms in total. The minimum Gasteiger partial charge on any atom is -0.345 e. The van der Waals surface area contributed by atoms with Gasteiger partial charge in [-0.25, -0.2) is 0 Å². The highest BCUT2D eigenvalue weighted by Gasteiger charge is 2.12. The maximum absolute atomic E-state index is 5.26. The molecule has 0 fully saturated rings. The first-order valence-corrected chi connectivity index (χ1v) is 8.11. The molecule has 0 aliphatic rings. The van der Waals surface area contributed by atoms with E-state index in [1.165, 1.54) is 0 Å². The molecule has 0 aliphatic heterocycles. The third-order valence-corrected chi connectivity index (χ3v) is 2.82. The zero-order valence-electron chi connectivity index (χ0n) is 16.1. The Labute approximate surface area is 145 Å². The van der Waals surface area contributed by atoms with Crippen molar-refractivity contribution in [2.24, 2.45) is 0 Å². The fourth-order valence-electron chi connectivity index (χ4n) is 1.63. The van der Waals surface area contributed by atoms with Crippen molar-refractivity contribution in [3.63, 3.8) is 0 Å². The normalized spacial score (nSPS) is 13.8. The van der Waals surface area contributed by atoms with Crippen LogP contribution in [0.2, 0.25) is 0 Å². The van der Waals surface area contributed by atoms with Crippen LogP contribution in [0.1, 0.15) is 66.5 Å². The van der Waals surface area contributed by atoms with Crippen LogP contribution in [0.5, 0.6) is 0 Å². The molecular formula is C20H30O4. The molecule has 24 heavy (non-hydrogen) atoms. The van der Waals surface area contributed by atoms with Crippen molar-refractivity contribution in [2.45, 2.75) is 66.6 Å². The van der Waals surface area contributed by atoms with Gasteiger partial charge in [-0.05, 0) is 83.7 Å². The van der Waals surface area contributed by atoms with Crippen LogP contribution in [-0.2, 0) is 19.6 Å². The van der Waals surface area contributed by atoms with Gasteiger partial charge < -0.3 is 9.78 Å². The first kappa shape index (κ1) is 20.3. The second kappa shape index (κ2) is 8.36. The number of benzene rings is 1. The summed E-state index contributed by atoms with van der Waals surface area (Å²) in [6.07, 6.45) is 3.23. The summed E-state index contributed by atoms with van der Waals surface area (Å²) in [7, 11) is 0. The van der Waals surface area contributed by atoms with Crippen molar-refractivity contribution in [3.8, 4) is 0 Å². The molecule has 0 N–H and O–H groups in total. The van der Waals surface area contributed by atoms with Gasteiger partial charge in [0.1, 0.15) is 23.7 Å². The third-order valence-electron chi connectivity index (χ3n) is 2.82. The van der Waals surface area contributed by atoms with Gasteiger partial charge in [-0.1, -0.05) is 18.2 Å². The average molecular weight is 334 g/mol. The highest BCUT2D eigenvalue weighted by Crippen LogP contribution is 2.21. The van der Waals surface area contributed by atoms with Crippen molar-refractivity contribution in [3.05, 3.63) is 47.9 Å². The van der Waals surface area contributed by atoms with Crippen LogP contribution in [-0.4, -0.2) is 11.2 Å². The largest absolute Gasteiger partial charge is 0.345 e. The lowest BCUT2D eigenvalue weighted by Crippen LogP contribution is -2.17. The quantitative estimate of drug-likeness (QED) is 0.368. The molecule has 0 unspecified atom stereocenters. The lowest BCUT2D eigenvalue weighted by Gasteiger charge is -2.16. The third kappa shape index (κ3) is 8.18. The van der Waals surface area contributed by atoms with Crippen LogP contribution in [0, 0.1) is 0 Å². The second-order valence-electron chi connectivity index (χ2n) is 7.77. The van der Waals surface area contributed by atoms with Crippen molar-refractivity contribution >= 4 is 11.1 Å². The zero-order valence-corrected chi connectivity index (χ0v) is 16.1. The standard InChI is InChI=1S/C20H30O4/c1-15(13-21-23-19(3,4)5)17-10-9-11-18(12-17)16(2)14-22-24-20(6,7)8/h9-14H,1-8H3. The number of allylic oxidation sites excluding steroid dienone is 2. The van der Waals surface area contributed by atoms with E-state index >= 15 is 0 Å². The Hall–Kier alpha value is -1.78. The SMILES string of the molecule is CC(=COOC(C)(C)C)c1cccc(C(C)=COOC(C)(C)C)c1. The first-order valence-electron chi connectivity index (χ1n) is 8.11. The molecule has 1 rings (SSSR count). The van der Waals surface area contributed by atoms with E-state index in [0.29, 0.717) is 0 Å². The lowest BCUT2D eigenvalue weighted by molar-refractivity contribution is -0.310. The van der Waals surface area contributed by atoms with Crippen LogP contribution < -0.4 is 0 Å². The molecule has 0 saturated heterocycles. The number of hydrogen-bond donors (Lipinski definition) is 0. The summed E-state index contributed by atoms with van der Waals surface area (Å²) in [5, 5.41) is 0. The molecule has 1 aromatic rings. The smallest absolute Gasteiger partial charge is 0.133 e. The molecule has 0 heterocycles. The van der Waals surface area contributed by atoms with Gasteiger partial charge in [0.25, 0.3) is 0 Å². The van der Waals surface area contributed by atoms with E-state index < -0.39 is 0 Å². The maximum atomic E-state index is 5.26. The van der Waals surface area contributed by atoms with Gasteiger partial charge in [-0.2, -0.15) is 9.78 Å². The van der Waals surface area contributed by atoms with Crippen molar-refractivity contribution in [1.29, 1.82) is 0 Å². The molecule has 0 aliphatic carbocycles. The van der Waals surface area contributed by atoms with Crippen molar-refractivity contribution in [2.75, 3.05) is 0 Å². The predicted molar refractivity (Wildman–Crippen MR) is 97.6 cm³/mol. The van der Waals surface area contributed by atoms with Gasteiger partial charge in [0.05, 0.1) is 0 Å². The second-order valence-corrected chi connectivity index (χ2v) is 7.77. The average Bonchev–Trinajstić information content (AvgIpc) is 2.44. The minimum absolute atomic E-state index is 0.345. The Kier molecular flexibility index (Phi) is 7.06. The summed E-state index contributed by atoms with van der Waals surface area (Å²) in [6, 6.07) is 8.11. The summed E-state index contributed by atoms with van der Waals surface area (Å²) in [5.41, 5.74) is 3.36. The van der Waals surface area contributed by atoms with Crippen LogP contribution in [0.15, 0.2) is 36.8 Å². The summed E-state index contributed by atoms with van der Waals surface area (Å²) >= 11 is 0. The van der Waals surface area contributed by atoms with Gasteiger partial charge in [0, 0.05) is 0 Å². The predicted octanol–water partition coefficient (Wildman–Crippen LogP) is 5.90. The Bertz CT molecular complexity index is 537. The number of hydrogen-bond acceptors (Lipinski definition) is 4. The molecular weight excluding hydrogens is 304 g/mol. The maximum Gasteiger partial charge on any atom is 0.133 e. The summed E-state index contributed by atoms with van der Waals surface area (Å²) in [5.74, 6) is 0. The van der Waals surface area contributed by atoms with Crippen molar-refractivity contribution < 1.29 is 19.6 Å².